The predicted molar refractivity (Wildman–Crippen MR) is 68.3 cm³/mol. The summed E-state index contributed by atoms with van der Waals surface area (Å²) >= 11 is 0. The van der Waals surface area contributed by atoms with Crippen LogP contribution in [0.5, 0.6) is 0 Å². The molecule has 0 aliphatic rings. The van der Waals surface area contributed by atoms with E-state index in [1.807, 2.05) is 30.9 Å². The van der Waals surface area contributed by atoms with Gasteiger partial charge in [-0.25, -0.2) is 5.43 Å². The number of aromatic nitrogens is 2. The fraction of sp³-hybridized carbons (Fsp3) is 0.308. The Morgan fingerprint density at radius 2 is 2.12 bits per heavy atom. The quantitative estimate of drug-likeness (QED) is 0.622. The SMILES string of the molecule is Cc1cccc(C(NN)c2cn(C)nc2C)c1. The maximum atomic E-state index is 5.68. The first-order valence-electron chi connectivity index (χ1n) is 5.64. The predicted octanol–water partition coefficient (Wildman–Crippen LogP) is 1.59. The Balaban J connectivity index is 2.43. The summed E-state index contributed by atoms with van der Waals surface area (Å²) in [7, 11) is 1.92. The highest BCUT2D eigenvalue weighted by Crippen LogP contribution is 2.23. The van der Waals surface area contributed by atoms with Crippen molar-refractivity contribution < 1.29 is 0 Å². The van der Waals surface area contributed by atoms with Crippen molar-refractivity contribution in [1.82, 2.24) is 15.2 Å². The van der Waals surface area contributed by atoms with E-state index in [1.165, 1.54) is 5.56 Å². The second-order valence-corrected chi connectivity index (χ2v) is 4.36. The lowest BCUT2D eigenvalue weighted by molar-refractivity contribution is 0.633. The van der Waals surface area contributed by atoms with E-state index >= 15 is 0 Å². The monoisotopic (exact) mass is 230 g/mol. The number of nitrogens with one attached hydrogen (secondary N) is 1. The van der Waals surface area contributed by atoms with Crippen molar-refractivity contribution in [2.45, 2.75) is 19.9 Å². The van der Waals surface area contributed by atoms with Crippen molar-refractivity contribution in [3.8, 4) is 0 Å². The van der Waals surface area contributed by atoms with Crippen molar-refractivity contribution in [3.63, 3.8) is 0 Å². The van der Waals surface area contributed by atoms with E-state index in [0.717, 1.165) is 16.8 Å². The molecule has 2 aromatic rings. The summed E-state index contributed by atoms with van der Waals surface area (Å²) in [6, 6.07) is 8.32. The zero-order chi connectivity index (χ0) is 12.4. The third-order valence-electron chi connectivity index (χ3n) is 2.90. The molecule has 17 heavy (non-hydrogen) atoms. The molecule has 4 heteroatoms. The van der Waals surface area contributed by atoms with Crippen LogP contribution < -0.4 is 11.3 Å². The second-order valence-electron chi connectivity index (χ2n) is 4.36. The average Bonchev–Trinajstić information content (AvgIpc) is 2.59. The summed E-state index contributed by atoms with van der Waals surface area (Å²) in [5.74, 6) is 5.68. The molecule has 0 aliphatic heterocycles. The Labute approximate surface area is 101 Å². The molecule has 0 fully saturated rings. The molecule has 1 heterocycles. The Morgan fingerprint density at radius 3 is 2.65 bits per heavy atom. The fourth-order valence-electron chi connectivity index (χ4n) is 2.12. The highest BCUT2D eigenvalue weighted by atomic mass is 15.3. The first-order chi connectivity index (χ1) is 8.11. The summed E-state index contributed by atoms with van der Waals surface area (Å²) in [6.07, 6.45) is 2.00. The molecule has 0 saturated carbocycles. The van der Waals surface area contributed by atoms with Gasteiger partial charge < -0.3 is 0 Å². The molecular formula is C13H18N4. The number of nitrogens with zero attached hydrogens (tertiary/aromatic N) is 2. The minimum Gasteiger partial charge on any atom is -0.275 e. The Morgan fingerprint density at radius 1 is 1.35 bits per heavy atom. The minimum absolute atomic E-state index is 0.0106. The number of aryl methyl sites for hydroxylation is 3. The van der Waals surface area contributed by atoms with Gasteiger partial charge in [-0.2, -0.15) is 5.10 Å². The summed E-state index contributed by atoms with van der Waals surface area (Å²) in [5.41, 5.74) is 7.35. The molecule has 1 aromatic carbocycles. The van der Waals surface area contributed by atoms with E-state index in [-0.39, 0.29) is 6.04 Å². The van der Waals surface area contributed by atoms with Gasteiger partial charge in [0.05, 0.1) is 11.7 Å². The van der Waals surface area contributed by atoms with Crippen molar-refractivity contribution in [1.29, 1.82) is 0 Å². The van der Waals surface area contributed by atoms with Crippen LogP contribution in [0, 0.1) is 13.8 Å². The first-order valence-corrected chi connectivity index (χ1v) is 5.64. The van der Waals surface area contributed by atoms with Crippen LogP contribution in [0.15, 0.2) is 30.5 Å². The largest absolute Gasteiger partial charge is 0.275 e. The molecule has 1 atom stereocenters. The molecule has 0 aliphatic carbocycles. The summed E-state index contributed by atoms with van der Waals surface area (Å²) < 4.78 is 1.81. The van der Waals surface area contributed by atoms with Crippen LogP contribution in [0.3, 0.4) is 0 Å². The lowest BCUT2D eigenvalue weighted by Crippen LogP contribution is -2.29. The average molecular weight is 230 g/mol. The molecular weight excluding hydrogens is 212 g/mol. The van der Waals surface area contributed by atoms with Crippen molar-refractivity contribution in [3.05, 3.63) is 52.8 Å². The molecule has 0 radical (unpaired) electrons. The maximum absolute atomic E-state index is 5.68. The van der Waals surface area contributed by atoms with Gasteiger partial charge in [-0.15, -0.1) is 0 Å². The van der Waals surface area contributed by atoms with Crippen LogP contribution in [0.25, 0.3) is 0 Å². The van der Waals surface area contributed by atoms with Gasteiger partial charge in [-0.1, -0.05) is 29.8 Å². The standard InChI is InChI=1S/C13H18N4/c1-9-5-4-6-11(7-9)13(15-14)12-8-17(3)16-10(12)2/h4-8,13,15H,14H2,1-3H3. The zero-order valence-corrected chi connectivity index (χ0v) is 10.4. The number of rotatable bonds is 3. The number of nitrogens with two attached hydrogens (primary N) is 1. The van der Waals surface area contributed by atoms with Crippen molar-refractivity contribution >= 4 is 0 Å². The van der Waals surface area contributed by atoms with E-state index in [4.69, 9.17) is 5.84 Å². The Hall–Kier alpha value is -1.65. The van der Waals surface area contributed by atoms with Gasteiger partial charge >= 0.3 is 0 Å². The molecule has 2 rings (SSSR count). The van der Waals surface area contributed by atoms with Crippen LogP contribution in [-0.2, 0) is 7.05 Å². The molecule has 3 N–H and O–H groups in total. The summed E-state index contributed by atoms with van der Waals surface area (Å²) in [5, 5.41) is 4.35. The van der Waals surface area contributed by atoms with Gasteiger partial charge in [0.2, 0.25) is 0 Å². The summed E-state index contributed by atoms with van der Waals surface area (Å²) in [6.45, 7) is 4.07. The second kappa shape index (κ2) is 4.69. The normalized spacial score (nSPS) is 12.7. The highest BCUT2D eigenvalue weighted by Gasteiger charge is 2.17. The highest BCUT2D eigenvalue weighted by molar-refractivity contribution is 5.34. The van der Waals surface area contributed by atoms with E-state index in [1.54, 1.807) is 0 Å². The molecule has 0 bridgehead atoms. The smallest absolute Gasteiger partial charge is 0.0743 e. The third kappa shape index (κ3) is 2.38. The van der Waals surface area contributed by atoms with E-state index in [9.17, 15) is 0 Å². The minimum atomic E-state index is -0.0106. The topological polar surface area (TPSA) is 55.9 Å². The van der Waals surface area contributed by atoms with Gasteiger partial charge in [0, 0.05) is 18.8 Å². The molecule has 1 unspecified atom stereocenters. The molecule has 4 nitrogen and oxygen atoms in total. The summed E-state index contributed by atoms with van der Waals surface area (Å²) in [4.78, 5) is 0. The fourth-order valence-corrected chi connectivity index (χ4v) is 2.12. The Bertz CT molecular complexity index is 516. The van der Waals surface area contributed by atoms with Crippen LogP contribution in [-0.4, -0.2) is 9.78 Å². The third-order valence-corrected chi connectivity index (χ3v) is 2.90. The van der Waals surface area contributed by atoms with Gasteiger partial charge in [0.1, 0.15) is 0 Å². The van der Waals surface area contributed by atoms with Crippen molar-refractivity contribution in [2.75, 3.05) is 0 Å². The van der Waals surface area contributed by atoms with Gasteiger partial charge in [0.15, 0.2) is 0 Å². The van der Waals surface area contributed by atoms with Gasteiger partial charge in [0.25, 0.3) is 0 Å². The van der Waals surface area contributed by atoms with Crippen molar-refractivity contribution in [2.24, 2.45) is 12.9 Å². The Kier molecular flexibility index (Phi) is 3.26. The molecule has 90 valence electrons. The maximum Gasteiger partial charge on any atom is 0.0743 e. The molecule has 0 spiro atoms. The molecule has 0 amide bonds. The van der Waals surface area contributed by atoms with Crippen LogP contribution in [0.2, 0.25) is 0 Å². The number of hydrazine groups is 1. The first kappa shape index (κ1) is 11.8. The lowest BCUT2D eigenvalue weighted by atomic mass is 9.99. The number of benzene rings is 1. The van der Waals surface area contributed by atoms with Crippen LogP contribution in [0.1, 0.15) is 28.4 Å². The van der Waals surface area contributed by atoms with Crippen LogP contribution >= 0.6 is 0 Å². The van der Waals surface area contributed by atoms with E-state index in [2.05, 4.69) is 35.6 Å². The molecule has 0 saturated heterocycles. The zero-order valence-electron chi connectivity index (χ0n) is 10.4. The van der Waals surface area contributed by atoms with E-state index in [0.29, 0.717) is 0 Å². The van der Waals surface area contributed by atoms with Crippen LogP contribution in [0.4, 0.5) is 0 Å². The van der Waals surface area contributed by atoms with Gasteiger partial charge in [-0.3, -0.25) is 10.5 Å². The van der Waals surface area contributed by atoms with E-state index < -0.39 is 0 Å². The number of hydrogen-bond donors (Lipinski definition) is 2. The van der Waals surface area contributed by atoms with Gasteiger partial charge in [-0.05, 0) is 19.4 Å². The molecule has 1 aromatic heterocycles. The lowest BCUT2D eigenvalue weighted by Gasteiger charge is -2.16. The number of hydrogen-bond acceptors (Lipinski definition) is 3.